The number of anilines is 1. The summed E-state index contributed by atoms with van der Waals surface area (Å²) in [4.78, 5) is 0. The van der Waals surface area contributed by atoms with Crippen molar-refractivity contribution in [3.05, 3.63) is 28.8 Å². The van der Waals surface area contributed by atoms with E-state index in [1.54, 1.807) is 0 Å². The minimum absolute atomic E-state index is 0.166. The van der Waals surface area contributed by atoms with E-state index in [0.29, 0.717) is 16.0 Å². The number of rotatable bonds is 2. The second-order valence-electron chi connectivity index (χ2n) is 4.66. The van der Waals surface area contributed by atoms with Gasteiger partial charge < -0.3 is 5.32 Å². The quantitative estimate of drug-likeness (QED) is 0.820. The van der Waals surface area contributed by atoms with Crippen molar-refractivity contribution in [3.63, 3.8) is 0 Å². The molecule has 0 radical (unpaired) electrons. The summed E-state index contributed by atoms with van der Waals surface area (Å²) in [6, 6.07) is 3.56. The molecule has 1 heterocycles. The zero-order valence-corrected chi connectivity index (χ0v) is 12.0. The van der Waals surface area contributed by atoms with Gasteiger partial charge in [0.05, 0.1) is 16.3 Å². The monoisotopic (exact) mass is 309 g/mol. The average molecular weight is 310 g/mol. The lowest BCUT2D eigenvalue weighted by atomic mass is 10.1. The summed E-state index contributed by atoms with van der Waals surface area (Å²) in [7, 11) is 0. The van der Waals surface area contributed by atoms with Crippen LogP contribution in [0.4, 0.5) is 18.9 Å². The molecule has 1 saturated heterocycles. The third kappa shape index (κ3) is 3.72. The lowest BCUT2D eigenvalue weighted by molar-refractivity contribution is -0.137. The lowest BCUT2D eigenvalue weighted by Gasteiger charge is -2.30. The van der Waals surface area contributed by atoms with Crippen molar-refractivity contribution in [2.75, 3.05) is 11.1 Å². The van der Waals surface area contributed by atoms with Crippen LogP contribution < -0.4 is 5.32 Å². The number of thioether (sulfide) groups is 1. The van der Waals surface area contributed by atoms with Crippen LogP contribution in [0.5, 0.6) is 0 Å². The van der Waals surface area contributed by atoms with Gasteiger partial charge in [0.2, 0.25) is 0 Å². The summed E-state index contributed by atoms with van der Waals surface area (Å²) in [5.41, 5.74) is -0.300. The Hall–Kier alpha value is -0.550. The smallest absolute Gasteiger partial charge is 0.380 e. The first kappa shape index (κ1) is 14.9. The minimum atomic E-state index is -4.34. The fourth-order valence-corrected chi connectivity index (χ4v) is 3.44. The zero-order chi connectivity index (χ0) is 14.0. The topological polar surface area (TPSA) is 12.0 Å². The van der Waals surface area contributed by atoms with Gasteiger partial charge >= 0.3 is 6.18 Å². The van der Waals surface area contributed by atoms with Crippen molar-refractivity contribution in [2.24, 2.45) is 0 Å². The lowest BCUT2D eigenvalue weighted by Crippen LogP contribution is -2.32. The van der Waals surface area contributed by atoms with E-state index in [2.05, 4.69) is 12.2 Å². The van der Waals surface area contributed by atoms with Crippen LogP contribution in [-0.2, 0) is 6.18 Å². The van der Waals surface area contributed by atoms with Gasteiger partial charge in [-0.2, -0.15) is 24.9 Å². The minimum Gasteiger partial charge on any atom is -0.380 e. The van der Waals surface area contributed by atoms with Crippen molar-refractivity contribution in [1.82, 2.24) is 0 Å². The first-order chi connectivity index (χ1) is 8.88. The molecule has 0 amide bonds. The van der Waals surface area contributed by atoms with E-state index in [1.807, 2.05) is 11.8 Å². The first-order valence-electron chi connectivity index (χ1n) is 6.13. The molecule has 1 fully saturated rings. The maximum atomic E-state index is 12.7. The highest BCUT2D eigenvalue weighted by atomic mass is 35.5. The average Bonchev–Trinajstić information content (AvgIpc) is 2.33. The Morgan fingerprint density at radius 3 is 2.74 bits per heavy atom. The van der Waals surface area contributed by atoms with Gasteiger partial charge in [0.15, 0.2) is 0 Å². The number of halogens is 4. The van der Waals surface area contributed by atoms with Crippen LogP contribution in [0.15, 0.2) is 18.2 Å². The Morgan fingerprint density at radius 1 is 1.37 bits per heavy atom. The number of benzene rings is 1. The van der Waals surface area contributed by atoms with Crippen molar-refractivity contribution in [1.29, 1.82) is 0 Å². The number of hydrogen-bond donors (Lipinski definition) is 1. The molecular weight excluding hydrogens is 295 g/mol. The standard InChI is InChI=1S/C13H15ClF3NS/c1-8-11(3-2-6-19-8)18-12-7-9(13(15,16)17)4-5-10(12)14/h4-5,7-8,11,18H,2-3,6H2,1H3. The molecule has 6 heteroatoms. The van der Waals surface area contributed by atoms with E-state index < -0.39 is 11.7 Å². The second kappa shape index (κ2) is 5.83. The van der Waals surface area contributed by atoms with Crippen LogP contribution in [-0.4, -0.2) is 17.0 Å². The van der Waals surface area contributed by atoms with E-state index in [4.69, 9.17) is 11.6 Å². The summed E-state index contributed by atoms with van der Waals surface area (Å²) in [5, 5.41) is 3.86. The Labute approximate surface area is 119 Å². The van der Waals surface area contributed by atoms with Gasteiger partial charge in [-0.15, -0.1) is 0 Å². The molecular formula is C13H15ClF3NS. The molecule has 1 N–H and O–H groups in total. The van der Waals surface area contributed by atoms with E-state index in [0.717, 1.165) is 30.7 Å². The van der Waals surface area contributed by atoms with Crippen molar-refractivity contribution in [2.45, 2.75) is 37.2 Å². The Balaban J connectivity index is 2.19. The van der Waals surface area contributed by atoms with Gasteiger partial charge in [-0.3, -0.25) is 0 Å². The largest absolute Gasteiger partial charge is 0.416 e. The summed E-state index contributed by atoms with van der Waals surface area (Å²) in [5.74, 6) is 1.11. The molecule has 2 unspecified atom stereocenters. The molecule has 1 nitrogen and oxygen atoms in total. The Kier molecular flexibility index (Phi) is 4.56. The molecule has 106 valence electrons. The van der Waals surface area contributed by atoms with Crippen molar-refractivity contribution in [3.8, 4) is 0 Å². The molecule has 2 atom stereocenters. The maximum Gasteiger partial charge on any atom is 0.416 e. The molecule has 1 aliphatic rings. The molecule has 0 aromatic heterocycles. The molecule has 19 heavy (non-hydrogen) atoms. The zero-order valence-electron chi connectivity index (χ0n) is 10.4. The third-order valence-corrected chi connectivity index (χ3v) is 4.95. The van der Waals surface area contributed by atoms with Crippen molar-refractivity contribution >= 4 is 29.1 Å². The van der Waals surface area contributed by atoms with Crippen LogP contribution in [0.25, 0.3) is 0 Å². The maximum absolute atomic E-state index is 12.7. The molecule has 1 aromatic rings. The summed E-state index contributed by atoms with van der Waals surface area (Å²) >= 11 is 7.81. The molecule has 2 rings (SSSR count). The van der Waals surface area contributed by atoms with Crippen LogP contribution >= 0.6 is 23.4 Å². The SMILES string of the molecule is CC1SCCCC1Nc1cc(C(F)(F)F)ccc1Cl. The predicted octanol–water partition coefficient (Wildman–Crippen LogP) is 5.05. The summed E-state index contributed by atoms with van der Waals surface area (Å²) < 4.78 is 38.0. The highest BCUT2D eigenvalue weighted by Gasteiger charge is 2.31. The van der Waals surface area contributed by atoms with Gasteiger partial charge in [0, 0.05) is 11.3 Å². The molecule has 0 aliphatic carbocycles. The highest BCUT2D eigenvalue weighted by molar-refractivity contribution is 8.00. The Morgan fingerprint density at radius 2 is 2.11 bits per heavy atom. The van der Waals surface area contributed by atoms with Gasteiger partial charge in [0.1, 0.15) is 0 Å². The predicted molar refractivity (Wildman–Crippen MR) is 75.0 cm³/mol. The summed E-state index contributed by atoms with van der Waals surface area (Å²) in [6.45, 7) is 2.09. The fraction of sp³-hybridized carbons (Fsp3) is 0.538. The highest BCUT2D eigenvalue weighted by Crippen LogP contribution is 2.35. The normalized spacial score (nSPS) is 24.3. The van der Waals surface area contributed by atoms with Gasteiger partial charge in [-0.1, -0.05) is 18.5 Å². The molecule has 0 saturated carbocycles. The molecule has 1 aromatic carbocycles. The molecule has 0 spiro atoms. The molecule has 1 aliphatic heterocycles. The second-order valence-corrected chi connectivity index (χ2v) is 6.55. The van der Waals surface area contributed by atoms with E-state index in [-0.39, 0.29) is 6.04 Å². The first-order valence-corrected chi connectivity index (χ1v) is 7.55. The number of alkyl halides is 3. The molecule has 0 bridgehead atoms. The third-order valence-electron chi connectivity index (χ3n) is 3.24. The van der Waals surface area contributed by atoms with Crippen LogP contribution in [0.3, 0.4) is 0 Å². The van der Waals surface area contributed by atoms with Gasteiger partial charge in [-0.05, 0) is 36.8 Å². The van der Waals surface area contributed by atoms with Crippen LogP contribution in [0.2, 0.25) is 5.02 Å². The summed E-state index contributed by atoms with van der Waals surface area (Å²) in [6.07, 6.45) is -2.31. The van der Waals surface area contributed by atoms with E-state index in [9.17, 15) is 13.2 Å². The van der Waals surface area contributed by atoms with Gasteiger partial charge in [0.25, 0.3) is 0 Å². The van der Waals surface area contributed by atoms with E-state index >= 15 is 0 Å². The van der Waals surface area contributed by atoms with Crippen LogP contribution in [0.1, 0.15) is 25.3 Å². The van der Waals surface area contributed by atoms with Gasteiger partial charge in [-0.25, -0.2) is 0 Å². The fourth-order valence-electron chi connectivity index (χ4n) is 2.12. The van der Waals surface area contributed by atoms with Crippen molar-refractivity contribution < 1.29 is 13.2 Å². The Bertz CT molecular complexity index is 450. The van der Waals surface area contributed by atoms with E-state index in [1.165, 1.54) is 6.07 Å². The number of nitrogens with one attached hydrogen (secondary N) is 1. The van der Waals surface area contributed by atoms with Crippen LogP contribution in [0, 0.1) is 0 Å². The number of hydrogen-bond acceptors (Lipinski definition) is 2.